The molecule has 3 heterocycles. The van der Waals surface area contributed by atoms with Crippen LogP contribution in [0.3, 0.4) is 0 Å². The maximum Gasteiger partial charge on any atom is 0.134 e. The van der Waals surface area contributed by atoms with E-state index in [1.165, 1.54) is 56.8 Å². The smallest absolute Gasteiger partial charge is 0.134 e. The second kappa shape index (κ2) is 5.17. The average Bonchev–Trinajstić information content (AvgIpc) is 2.81. The molecule has 0 amide bonds. The molecule has 1 fully saturated rings. The number of hydrogen-bond acceptors (Lipinski definition) is 3. The largest absolute Gasteiger partial charge is 0.315 e. The van der Waals surface area contributed by atoms with Crippen molar-refractivity contribution in [2.24, 2.45) is 0 Å². The summed E-state index contributed by atoms with van der Waals surface area (Å²) in [5.41, 5.74) is 0. The lowest BCUT2D eigenvalue weighted by atomic mass is 10.1. The molecule has 94 valence electrons. The monoisotopic (exact) mass is 234 g/mol. The lowest BCUT2D eigenvalue weighted by Crippen LogP contribution is -2.32. The van der Waals surface area contributed by atoms with Crippen molar-refractivity contribution in [3.05, 3.63) is 11.6 Å². The van der Waals surface area contributed by atoms with Gasteiger partial charge in [-0.05, 0) is 38.8 Å². The van der Waals surface area contributed by atoms with Gasteiger partial charge in [-0.25, -0.2) is 0 Å². The molecule has 4 heteroatoms. The van der Waals surface area contributed by atoms with Crippen LogP contribution in [0.4, 0.5) is 0 Å². The van der Waals surface area contributed by atoms with Crippen molar-refractivity contribution in [1.29, 1.82) is 0 Å². The van der Waals surface area contributed by atoms with E-state index in [1.807, 2.05) is 0 Å². The van der Waals surface area contributed by atoms with Crippen molar-refractivity contribution in [1.82, 2.24) is 19.7 Å². The topological polar surface area (TPSA) is 34.0 Å². The van der Waals surface area contributed by atoms with Gasteiger partial charge in [0.1, 0.15) is 11.6 Å². The highest BCUT2D eigenvalue weighted by atomic mass is 15.3. The van der Waals surface area contributed by atoms with Gasteiger partial charge in [0.15, 0.2) is 0 Å². The molecule has 1 aromatic heterocycles. The first-order valence-electron chi connectivity index (χ1n) is 7.07. The van der Waals surface area contributed by atoms with Crippen molar-refractivity contribution in [3.63, 3.8) is 0 Å². The fourth-order valence-electron chi connectivity index (χ4n) is 2.99. The summed E-state index contributed by atoms with van der Waals surface area (Å²) in [5.74, 6) is 2.43. The van der Waals surface area contributed by atoms with Gasteiger partial charge in [-0.2, -0.15) is 0 Å². The highest BCUT2D eigenvalue weighted by molar-refractivity contribution is 4.99. The van der Waals surface area contributed by atoms with Gasteiger partial charge in [-0.1, -0.05) is 6.42 Å². The Kier molecular flexibility index (Phi) is 3.41. The SMILES string of the molecule is C1CCN(CCc2nnc3n2CCCC3)CC1. The zero-order valence-electron chi connectivity index (χ0n) is 10.6. The van der Waals surface area contributed by atoms with Crippen LogP contribution in [0, 0.1) is 0 Å². The number of likely N-dealkylation sites (tertiary alicyclic amines) is 1. The molecule has 1 saturated heterocycles. The third-order valence-electron chi connectivity index (χ3n) is 4.04. The van der Waals surface area contributed by atoms with Crippen LogP contribution in [-0.4, -0.2) is 39.3 Å². The van der Waals surface area contributed by atoms with E-state index >= 15 is 0 Å². The van der Waals surface area contributed by atoms with Gasteiger partial charge < -0.3 is 9.47 Å². The summed E-state index contributed by atoms with van der Waals surface area (Å²) in [6, 6.07) is 0. The summed E-state index contributed by atoms with van der Waals surface area (Å²) >= 11 is 0. The van der Waals surface area contributed by atoms with E-state index in [1.54, 1.807) is 0 Å². The van der Waals surface area contributed by atoms with Crippen LogP contribution in [0.1, 0.15) is 43.8 Å². The van der Waals surface area contributed by atoms with Crippen LogP contribution in [0.25, 0.3) is 0 Å². The van der Waals surface area contributed by atoms with E-state index in [0.29, 0.717) is 0 Å². The minimum Gasteiger partial charge on any atom is -0.315 e. The van der Waals surface area contributed by atoms with E-state index in [2.05, 4.69) is 19.7 Å². The first kappa shape index (κ1) is 11.2. The zero-order chi connectivity index (χ0) is 11.5. The van der Waals surface area contributed by atoms with E-state index < -0.39 is 0 Å². The summed E-state index contributed by atoms with van der Waals surface area (Å²) in [5, 5.41) is 8.68. The first-order valence-corrected chi connectivity index (χ1v) is 7.07. The van der Waals surface area contributed by atoms with E-state index in [-0.39, 0.29) is 0 Å². The number of nitrogens with zero attached hydrogens (tertiary/aromatic N) is 4. The van der Waals surface area contributed by atoms with Crippen molar-refractivity contribution in [2.45, 2.75) is 51.5 Å². The Morgan fingerprint density at radius 3 is 2.59 bits per heavy atom. The van der Waals surface area contributed by atoms with E-state index in [4.69, 9.17) is 0 Å². The van der Waals surface area contributed by atoms with Crippen molar-refractivity contribution >= 4 is 0 Å². The Bertz CT molecular complexity index is 365. The van der Waals surface area contributed by atoms with E-state index in [0.717, 1.165) is 25.9 Å². The summed E-state index contributed by atoms with van der Waals surface area (Å²) in [7, 11) is 0. The summed E-state index contributed by atoms with van der Waals surface area (Å²) < 4.78 is 2.35. The standard InChI is InChI=1S/C13H22N4/c1-3-8-16(9-4-1)11-7-13-15-14-12-6-2-5-10-17(12)13/h1-11H2. The first-order chi connectivity index (χ1) is 8.43. The van der Waals surface area contributed by atoms with Crippen molar-refractivity contribution < 1.29 is 0 Å². The molecule has 4 nitrogen and oxygen atoms in total. The van der Waals surface area contributed by atoms with Crippen LogP contribution < -0.4 is 0 Å². The maximum atomic E-state index is 4.37. The summed E-state index contributed by atoms with van der Waals surface area (Å²) in [4.78, 5) is 2.58. The molecular formula is C13H22N4. The molecule has 0 saturated carbocycles. The lowest BCUT2D eigenvalue weighted by molar-refractivity contribution is 0.229. The number of piperidine rings is 1. The van der Waals surface area contributed by atoms with Crippen molar-refractivity contribution in [2.75, 3.05) is 19.6 Å². The normalized spacial score (nSPS) is 21.4. The quantitative estimate of drug-likeness (QED) is 0.797. The van der Waals surface area contributed by atoms with Crippen LogP contribution in [-0.2, 0) is 19.4 Å². The minimum atomic E-state index is 1.08. The molecule has 1 aromatic rings. The minimum absolute atomic E-state index is 1.08. The van der Waals surface area contributed by atoms with Gasteiger partial charge in [0.25, 0.3) is 0 Å². The van der Waals surface area contributed by atoms with Crippen LogP contribution >= 0.6 is 0 Å². The molecule has 17 heavy (non-hydrogen) atoms. The number of aryl methyl sites for hydroxylation is 1. The van der Waals surface area contributed by atoms with Gasteiger partial charge in [-0.15, -0.1) is 10.2 Å². The lowest BCUT2D eigenvalue weighted by Gasteiger charge is -2.26. The molecular weight excluding hydrogens is 212 g/mol. The Balaban J connectivity index is 1.59. The van der Waals surface area contributed by atoms with Crippen LogP contribution in [0.2, 0.25) is 0 Å². The van der Waals surface area contributed by atoms with Gasteiger partial charge >= 0.3 is 0 Å². The van der Waals surface area contributed by atoms with Gasteiger partial charge in [0, 0.05) is 25.9 Å². The Morgan fingerprint density at radius 2 is 1.71 bits per heavy atom. The molecule has 0 aliphatic carbocycles. The van der Waals surface area contributed by atoms with Gasteiger partial charge in [0.05, 0.1) is 0 Å². The molecule has 0 N–H and O–H groups in total. The second-order valence-electron chi connectivity index (χ2n) is 5.29. The molecule has 2 aliphatic heterocycles. The zero-order valence-corrected chi connectivity index (χ0v) is 10.6. The Hall–Kier alpha value is -0.900. The highest BCUT2D eigenvalue weighted by Gasteiger charge is 2.17. The van der Waals surface area contributed by atoms with Gasteiger partial charge in [0.2, 0.25) is 0 Å². The number of aromatic nitrogens is 3. The van der Waals surface area contributed by atoms with Gasteiger partial charge in [-0.3, -0.25) is 0 Å². The predicted octanol–water partition coefficient (Wildman–Crippen LogP) is 1.64. The molecule has 0 radical (unpaired) electrons. The third-order valence-corrected chi connectivity index (χ3v) is 4.04. The highest BCUT2D eigenvalue weighted by Crippen LogP contribution is 2.15. The van der Waals surface area contributed by atoms with Crippen LogP contribution in [0.15, 0.2) is 0 Å². The second-order valence-corrected chi connectivity index (χ2v) is 5.29. The third kappa shape index (κ3) is 2.51. The average molecular weight is 234 g/mol. The molecule has 2 aliphatic rings. The number of hydrogen-bond donors (Lipinski definition) is 0. The Labute approximate surface area is 103 Å². The molecule has 0 spiro atoms. The molecule has 0 atom stereocenters. The summed E-state index contributed by atoms with van der Waals surface area (Å²) in [6.45, 7) is 4.86. The number of rotatable bonds is 3. The van der Waals surface area contributed by atoms with Crippen LogP contribution in [0.5, 0.6) is 0 Å². The number of fused-ring (bicyclic) bond motifs is 1. The molecule has 0 aromatic carbocycles. The molecule has 0 unspecified atom stereocenters. The molecule has 0 bridgehead atoms. The summed E-state index contributed by atoms with van der Waals surface area (Å²) in [6.07, 6.45) is 8.93. The fraction of sp³-hybridized carbons (Fsp3) is 0.846. The van der Waals surface area contributed by atoms with E-state index in [9.17, 15) is 0 Å². The Morgan fingerprint density at radius 1 is 0.882 bits per heavy atom. The predicted molar refractivity (Wildman–Crippen MR) is 67.0 cm³/mol. The molecule has 3 rings (SSSR count). The fourth-order valence-corrected chi connectivity index (χ4v) is 2.99. The maximum absolute atomic E-state index is 4.37. The van der Waals surface area contributed by atoms with Crippen molar-refractivity contribution in [3.8, 4) is 0 Å².